The van der Waals surface area contributed by atoms with Crippen LogP contribution in [0.3, 0.4) is 0 Å². The Morgan fingerprint density at radius 2 is 2.15 bits per heavy atom. The Bertz CT molecular complexity index is 404. The summed E-state index contributed by atoms with van der Waals surface area (Å²) < 4.78 is 4.92. The molecule has 114 valence electrons. The molecule has 0 fully saturated rings. The molecule has 20 heavy (non-hydrogen) atoms. The Kier molecular flexibility index (Phi) is 7.59. The third-order valence-corrected chi connectivity index (χ3v) is 3.79. The smallest absolute Gasteiger partial charge is 0.311 e. The fourth-order valence-corrected chi connectivity index (χ4v) is 2.75. The van der Waals surface area contributed by atoms with Crippen molar-refractivity contribution >= 4 is 22.4 Å². The molecule has 0 saturated carbocycles. The van der Waals surface area contributed by atoms with Crippen LogP contribution in [0, 0.1) is 5.92 Å². The third-order valence-electron chi connectivity index (χ3n) is 2.97. The fourth-order valence-electron chi connectivity index (χ4n) is 1.93. The van der Waals surface area contributed by atoms with Gasteiger partial charge in [0.2, 0.25) is 0 Å². The van der Waals surface area contributed by atoms with Gasteiger partial charge in [-0.15, -0.1) is 11.3 Å². The molecule has 1 heterocycles. The zero-order valence-corrected chi connectivity index (χ0v) is 13.8. The van der Waals surface area contributed by atoms with Crippen LogP contribution in [-0.2, 0) is 16.0 Å². The van der Waals surface area contributed by atoms with Gasteiger partial charge in [0.25, 0.3) is 0 Å². The van der Waals surface area contributed by atoms with Crippen molar-refractivity contribution in [3.05, 3.63) is 11.1 Å². The summed E-state index contributed by atoms with van der Waals surface area (Å²) in [6, 6.07) is 0.412. The van der Waals surface area contributed by atoms with E-state index in [-0.39, 0.29) is 12.4 Å². The zero-order valence-electron chi connectivity index (χ0n) is 12.9. The number of anilines is 1. The topological polar surface area (TPSA) is 51.2 Å². The van der Waals surface area contributed by atoms with E-state index in [1.165, 1.54) is 12.8 Å². The molecular weight excluding hydrogens is 272 g/mol. The van der Waals surface area contributed by atoms with Gasteiger partial charge in [-0.05, 0) is 26.2 Å². The van der Waals surface area contributed by atoms with Crippen LogP contribution in [0.1, 0.15) is 52.7 Å². The summed E-state index contributed by atoms with van der Waals surface area (Å²) in [4.78, 5) is 15.8. The number of nitrogens with zero attached hydrogens (tertiary/aromatic N) is 1. The quantitative estimate of drug-likeness (QED) is 0.703. The molecule has 0 aliphatic rings. The van der Waals surface area contributed by atoms with Crippen LogP contribution in [-0.4, -0.2) is 23.6 Å². The van der Waals surface area contributed by atoms with E-state index in [9.17, 15) is 4.79 Å². The average molecular weight is 298 g/mol. The second kappa shape index (κ2) is 8.95. The van der Waals surface area contributed by atoms with Gasteiger partial charge in [-0.25, -0.2) is 4.98 Å². The van der Waals surface area contributed by atoms with Crippen molar-refractivity contribution in [1.29, 1.82) is 0 Å². The first kappa shape index (κ1) is 17.0. The van der Waals surface area contributed by atoms with Gasteiger partial charge in [-0.1, -0.05) is 26.7 Å². The number of hydrogen-bond donors (Lipinski definition) is 1. The molecule has 0 aliphatic heterocycles. The molecule has 1 atom stereocenters. The zero-order chi connectivity index (χ0) is 15.0. The highest BCUT2D eigenvalue weighted by Gasteiger charge is 2.10. The highest BCUT2D eigenvalue weighted by atomic mass is 32.1. The van der Waals surface area contributed by atoms with Gasteiger partial charge in [0.1, 0.15) is 0 Å². The summed E-state index contributed by atoms with van der Waals surface area (Å²) in [5.74, 6) is 0.549. The van der Waals surface area contributed by atoms with E-state index < -0.39 is 0 Å². The lowest BCUT2D eigenvalue weighted by atomic mass is 10.0. The van der Waals surface area contributed by atoms with Gasteiger partial charge < -0.3 is 10.1 Å². The van der Waals surface area contributed by atoms with E-state index in [4.69, 9.17) is 4.74 Å². The molecule has 5 heteroatoms. The van der Waals surface area contributed by atoms with Crippen molar-refractivity contribution in [3.63, 3.8) is 0 Å². The molecule has 1 N–H and O–H groups in total. The molecule has 1 aromatic heterocycles. The Balaban J connectivity index is 2.33. The second-order valence-electron chi connectivity index (χ2n) is 5.50. The highest BCUT2D eigenvalue weighted by Crippen LogP contribution is 2.19. The number of carbonyl (C=O) groups excluding carboxylic acids is 1. The minimum Gasteiger partial charge on any atom is -0.466 e. The lowest BCUT2D eigenvalue weighted by Gasteiger charge is -2.13. The van der Waals surface area contributed by atoms with Gasteiger partial charge in [-0.2, -0.15) is 0 Å². The largest absolute Gasteiger partial charge is 0.466 e. The van der Waals surface area contributed by atoms with Crippen molar-refractivity contribution < 1.29 is 9.53 Å². The van der Waals surface area contributed by atoms with E-state index in [0.29, 0.717) is 12.6 Å². The summed E-state index contributed by atoms with van der Waals surface area (Å²) >= 11 is 1.55. The van der Waals surface area contributed by atoms with Crippen LogP contribution in [0.15, 0.2) is 5.38 Å². The third kappa shape index (κ3) is 6.89. The minimum atomic E-state index is -0.214. The van der Waals surface area contributed by atoms with Gasteiger partial charge in [0.05, 0.1) is 18.7 Å². The fraction of sp³-hybridized carbons (Fsp3) is 0.733. The average Bonchev–Trinajstić information content (AvgIpc) is 2.76. The Labute approximate surface area is 125 Å². The summed E-state index contributed by atoms with van der Waals surface area (Å²) in [5, 5.41) is 6.20. The molecule has 0 aliphatic carbocycles. The van der Waals surface area contributed by atoms with Crippen molar-refractivity contribution in [1.82, 2.24) is 4.98 Å². The first-order valence-corrected chi connectivity index (χ1v) is 8.25. The van der Waals surface area contributed by atoms with Crippen molar-refractivity contribution in [2.75, 3.05) is 11.9 Å². The molecule has 0 radical (unpaired) electrons. The Morgan fingerprint density at radius 1 is 1.40 bits per heavy atom. The minimum absolute atomic E-state index is 0.214. The molecule has 0 aromatic carbocycles. The number of ether oxygens (including phenoxy) is 1. The predicted octanol–water partition coefficient (Wildman–Crippen LogP) is 3.88. The lowest BCUT2D eigenvalue weighted by Crippen LogP contribution is -2.15. The number of nitrogens with one attached hydrogen (secondary N) is 1. The molecule has 1 rings (SSSR count). The van der Waals surface area contributed by atoms with Gasteiger partial charge in [-0.3, -0.25) is 4.79 Å². The summed E-state index contributed by atoms with van der Waals surface area (Å²) in [6.45, 7) is 8.90. The molecule has 0 amide bonds. The van der Waals surface area contributed by atoms with Crippen LogP contribution < -0.4 is 5.32 Å². The molecular formula is C15H26N2O2S. The van der Waals surface area contributed by atoms with Gasteiger partial charge >= 0.3 is 5.97 Å². The maximum atomic E-state index is 11.4. The molecule has 0 spiro atoms. The Morgan fingerprint density at radius 3 is 2.80 bits per heavy atom. The second-order valence-corrected chi connectivity index (χ2v) is 6.35. The predicted molar refractivity (Wildman–Crippen MR) is 84.2 cm³/mol. The molecule has 0 saturated heterocycles. The van der Waals surface area contributed by atoms with Crippen LogP contribution >= 0.6 is 11.3 Å². The van der Waals surface area contributed by atoms with E-state index in [0.717, 1.165) is 23.2 Å². The number of carbonyl (C=O) groups is 1. The molecule has 0 bridgehead atoms. The van der Waals surface area contributed by atoms with Gasteiger partial charge in [0, 0.05) is 11.4 Å². The van der Waals surface area contributed by atoms with E-state index in [1.54, 1.807) is 11.3 Å². The van der Waals surface area contributed by atoms with Crippen LogP contribution in [0.25, 0.3) is 0 Å². The number of rotatable bonds is 9. The summed E-state index contributed by atoms with van der Waals surface area (Å²) in [6.07, 6.45) is 3.89. The maximum Gasteiger partial charge on any atom is 0.311 e. The maximum absolute atomic E-state index is 11.4. The standard InChI is InChI=1S/C15H26N2O2S/c1-5-19-14(18)9-13-10-20-15(17-13)16-12(4)8-6-7-11(2)3/h10-12H,5-9H2,1-4H3,(H,16,17). The normalized spacial score (nSPS) is 12.4. The van der Waals surface area contributed by atoms with Crippen LogP contribution in [0.5, 0.6) is 0 Å². The number of thiazole rings is 1. The van der Waals surface area contributed by atoms with Gasteiger partial charge in [0.15, 0.2) is 5.13 Å². The highest BCUT2D eigenvalue weighted by molar-refractivity contribution is 7.13. The Hall–Kier alpha value is -1.10. The first-order chi connectivity index (χ1) is 9.51. The molecule has 1 aromatic rings. The van der Waals surface area contributed by atoms with Crippen LogP contribution in [0.2, 0.25) is 0 Å². The molecule has 1 unspecified atom stereocenters. The van der Waals surface area contributed by atoms with E-state index in [2.05, 4.69) is 31.1 Å². The van der Waals surface area contributed by atoms with Crippen molar-refractivity contribution in [2.45, 2.75) is 59.4 Å². The first-order valence-electron chi connectivity index (χ1n) is 7.37. The summed E-state index contributed by atoms with van der Waals surface area (Å²) in [5.41, 5.74) is 0.783. The number of aromatic nitrogens is 1. The number of hydrogen-bond acceptors (Lipinski definition) is 5. The van der Waals surface area contributed by atoms with E-state index >= 15 is 0 Å². The van der Waals surface area contributed by atoms with E-state index in [1.807, 2.05) is 12.3 Å². The van der Waals surface area contributed by atoms with Crippen molar-refractivity contribution in [2.24, 2.45) is 5.92 Å². The molecule has 4 nitrogen and oxygen atoms in total. The lowest BCUT2D eigenvalue weighted by molar-refractivity contribution is -0.142. The van der Waals surface area contributed by atoms with Crippen LogP contribution in [0.4, 0.5) is 5.13 Å². The number of esters is 1. The van der Waals surface area contributed by atoms with Crippen molar-refractivity contribution in [3.8, 4) is 0 Å². The summed E-state index contributed by atoms with van der Waals surface area (Å²) in [7, 11) is 0. The SMILES string of the molecule is CCOC(=O)Cc1csc(NC(C)CCCC(C)C)n1. The monoisotopic (exact) mass is 298 g/mol.